The highest BCUT2D eigenvalue weighted by Crippen LogP contribution is 2.38. The Morgan fingerprint density at radius 2 is 2.27 bits per heavy atom. The minimum atomic E-state index is -3.72. The van der Waals surface area contributed by atoms with Crippen molar-refractivity contribution in [1.82, 2.24) is 20.2 Å². The largest absolute Gasteiger partial charge is 0.354 e. The van der Waals surface area contributed by atoms with Crippen LogP contribution in [0.1, 0.15) is 40.1 Å². The van der Waals surface area contributed by atoms with Gasteiger partial charge in [-0.25, -0.2) is 13.1 Å². The summed E-state index contributed by atoms with van der Waals surface area (Å²) in [5.41, 5.74) is 0. The maximum atomic E-state index is 12.2. The van der Waals surface area contributed by atoms with E-state index in [2.05, 4.69) is 20.2 Å². The molecular formula is C12H14N4O4S2. The van der Waals surface area contributed by atoms with Gasteiger partial charge in [0.1, 0.15) is 0 Å². The molecule has 1 saturated carbocycles. The molecule has 1 aliphatic carbocycles. The maximum absolute atomic E-state index is 12.2. The van der Waals surface area contributed by atoms with Crippen molar-refractivity contribution in [3.05, 3.63) is 28.0 Å². The Kier molecular flexibility index (Phi) is 3.98. The molecule has 1 amide bonds. The number of aromatic nitrogens is 2. The first kappa shape index (κ1) is 15.1. The molecule has 0 atom stereocenters. The van der Waals surface area contributed by atoms with Crippen LogP contribution in [0, 0.1) is 0 Å². The highest BCUT2D eigenvalue weighted by Gasteiger charge is 2.29. The molecule has 0 spiro atoms. The van der Waals surface area contributed by atoms with Gasteiger partial charge >= 0.3 is 0 Å². The van der Waals surface area contributed by atoms with Crippen LogP contribution in [-0.4, -0.2) is 31.5 Å². The fourth-order valence-corrected chi connectivity index (χ4v) is 3.98. The topological polar surface area (TPSA) is 114 Å². The molecule has 22 heavy (non-hydrogen) atoms. The standard InChI is InChI=1S/C12H14N4O4S2/c1-13-11(17)9-4-8(6-21-9)22(18,19)14-5-10-15-12(20-16-10)7-2-3-7/h4,6-7,14H,2-3,5H2,1H3,(H,13,17). The van der Waals surface area contributed by atoms with Gasteiger partial charge in [-0.1, -0.05) is 5.16 Å². The van der Waals surface area contributed by atoms with Crippen molar-refractivity contribution in [2.75, 3.05) is 7.05 Å². The second-order valence-corrected chi connectivity index (χ2v) is 7.55. The summed E-state index contributed by atoms with van der Waals surface area (Å²) in [5.74, 6) is 0.863. The Balaban J connectivity index is 1.67. The van der Waals surface area contributed by atoms with E-state index in [9.17, 15) is 13.2 Å². The Labute approximate surface area is 131 Å². The summed E-state index contributed by atoms with van der Waals surface area (Å²) in [6.07, 6.45) is 2.06. The Hall–Kier alpha value is -1.78. The molecule has 2 aromatic heterocycles. The number of carbonyl (C=O) groups is 1. The van der Waals surface area contributed by atoms with Crippen molar-refractivity contribution in [2.45, 2.75) is 30.2 Å². The van der Waals surface area contributed by atoms with Gasteiger partial charge < -0.3 is 9.84 Å². The Bertz CT molecular complexity index is 792. The maximum Gasteiger partial charge on any atom is 0.261 e. The Morgan fingerprint density at radius 3 is 2.95 bits per heavy atom. The molecule has 0 saturated heterocycles. The van der Waals surface area contributed by atoms with E-state index in [0.29, 0.717) is 22.5 Å². The third kappa shape index (κ3) is 3.18. The molecule has 0 bridgehead atoms. The third-order valence-electron chi connectivity index (χ3n) is 3.17. The van der Waals surface area contributed by atoms with E-state index < -0.39 is 10.0 Å². The van der Waals surface area contributed by atoms with Crippen LogP contribution in [0.5, 0.6) is 0 Å². The summed E-state index contributed by atoms with van der Waals surface area (Å²) in [7, 11) is -2.23. The van der Waals surface area contributed by atoms with Gasteiger partial charge in [0.05, 0.1) is 16.3 Å². The van der Waals surface area contributed by atoms with Gasteiger partial charge in [0.2, 0.25) is 15.9 Å². The predicted molar refractivity (Wildman–Crippen MR) is 78.0 cm³/mol. The van der Waals surface area contributed by atoms with Gasteiger partial charge in [0.25, 0.3) is 5.91 Å². The van der Waals surface area contributed by atoms with Crippen LogP contribution in [0.2, 0.25) is 0 Å². The smallest absolute Gasteiger partial charge is 0.261 e. The number of rotatable bonds is 6. The number of hydrogen-bond donors (Lipinski definition) is 2. The van der Waals surface area contributed by atoms with E-state index in [4.69, 9.17) is 4.52 Å². The molecule has 1 fully saturated rings. The van der Waals surface area contributed by atoms with E-state index >= 15 is 0 Å². The van der Waals surface area contributed by atoms with Gasteiger partial charge in [-0.05, 0) is 18.9 Å². The minimum absolute atomic E-state index is 0.0435. The number of carbonyl (C=O) groups excluding carboxylic acids is 1. The van der Waals surface area contributed by atoms with E-state index in [-0.39, 0.29) is 17.3 Å². The molecule has 118 valence electrons. The zero-order chi connectivity index (χ0) is 15.7. The van der Waals surface area contributed by atoms with Gasteiger partial charge in [0, 0.05) is 18.3 Å². The molecule has 3 rings (SSSR count). The molecule has 2 N–H and O–H groups in total. The lowest BCUT2D eigenvalue weighted by Gasteiger charge is -2.01. The van der Waals surface area contributed by atoms with E-state index in [0.717, 1.165) is 24.2 Å². The molecule has 2 aromatic rings. The van der Waals surface area contributed by atoms with Crippen molar-refractivity contribution in [3.63, 3.8) is 0 Å². The molecule has 10 heteroatoms. The van der Waals surface area contributed by atoms with Crippen LogP contribution in [0.3, 0.4) is 0 Å². The molecule has 0 unspecified atom stereocenters. The number of nitrogens with one attached hydrogen (secondary N) is 2. The highest BCUT2D eigenvalue weighted by molar-refractivity contribution is 7.89. The molecule has 2 heterocycles. The number of hydrogen-bond acceptors (Lipinski definition) is 7. The summed E-state index contributed by atoms with van der Waals surface area (Å²) in [5, 5.41) is 7.61. The summed E-state index contributed by atoms with van der Waals surface area (Å²) in [4.78, 5) is 16.0. The number of nitrogens with zero attached hydrogens (tertiary/aromatic N) is 2. The second-order valence-electron chi connectivity index (χ2n) is 4.87. The van der Waals surface area contributed by atoms with Crippen LogP contribution in [0.4, 0.5) is 0 Å². The SMILES string of the molecule is CNC(=O)c1cc(S(=O)(=O)NCc2noc(C3CC3)n2)cs1. The van der Waals surface area contributed by atoms with Crippen LogP contribution in [-0.2, 0) is 16.6 Å². The third-order valence-corrected chi connectivity index (χ3v) is 5.63. The van der Waals surface area contributed by atoms with Gasteiger partial charge in [0.15, 0.2) is 5.82 Å². The van der Waals surface area contributed by atoms with E-state index in [1.165, 1.54) is 18.5 Å². The van der Waals surface area contributed by atoms with Gasteiger partial charge in [-0.15, -0.1) is 11.3 Å². The summed E-state index contributed by atoms with van der Waals surface area (Å²) < 4.78 is 31.8. The first-order valence-electron chi connectivity index (χ1n) is 6.62. The average Bonchev–Trinajstić information content (AvgIpc) is 3.05. The Morgan fingerprint density at radius 1 is 1.50 bits per heavy atom. The van der Waals surface area contributed by atoms with Crippen molar-refractivity contribution in [2.24, 2.45) is 0 Å². The second kappa shape index (κ2) is 5.78. The summed E-state index contributed by atoms with van der Waals surface area (Å²) in [6, 6.07) is 1.33. The normalized spacial score (nSPS) is 15.0. The minimum Gasteiger partial charge on any atom is -0.354 e. The first-order chi connectivity index (χ1) is 10.5. The lowest BCUT2D eigenvalue weighted by Crippen LogP contribution is -2.23. The van der Waals surface area contributed by atoms with Crippen molar-refractivity contribution >= 4 is 27.3 Å². The lowest BCUT2D eigenvalue weighted by molar-refractivity contribution is 0.0967. The first-order valence-corrected chi connectivity index (χ1v) is 8.98. The van der Waals surface area contributed by atoms with E-state index in [1.54, 1.807) is 0 Å². The molecule has 8 nitrogen and oxygen atoms in total. The number of amides is 1. The van der Waals surface area contributed by atoms with Crippen LogP contribution in [0.25, 0.3) is 0 Å². The quantitative estimate of drug-likeness (QED) is 0.804. The summed E-state index contributed by atoms with van der Waals surface area (Å²) >= 11 is 1.07. The van der Waals surface area contributed by atoms with Crippen LogP contribution >= 0.6 is 11.3 Å². The predicted octanol–water partition coefficient (Wildman–Crippen LogP) is 0.847. The van der Waals surface area contributed by atoms with Gasteiger partial charge in [-0.3, -0.25) is 4.79 Å². The van der Waals surface area contributed by atoms with Crippen molar-refractivity contribution < 1.29 is 17.7 Å². The zero-order valence-electron chi connectivity index (χ0n) is 11.7. The fraction of sp³-hybridized carbons (Fsp3) is 0.417. The van der Waals surface area contributed by atoms with Crippen molar-refractivity contribution in [1.29, 1.82) is 0 Å². The molecule has 0 aromatic carbocycles. The van der Waals surface area contributed by atoms with Crippen molar-refractivity contribution in [3.8, 4) is 0 Å². The summed E-state index contributed by atoms with van der Waals surface area (Å²) in [6.45, 7) is -0.0519. The highest BCUT2D eigenvalue weighted by atomic mass is 32.2. The molecular weight excluding hydrogens is 328 g/mol. The zero-order valence-corrected chi connectivity index (χ0v) is 13.3. The van der Waals surface area contributed by atoms with Gasteiger partial charge in [-0.2, -0.15) is 4.98 Å². The van der Waals surface area contributed by atoms with Crippen LogP contribution < -0.4 is 10.0 Å². The number of sulfonamides is 1. The molecule has 0 radical (unpaired) electrons. The fourth-order valence-electron chi connectivity index (χ4n) is 1.78. The number of thiophene rings is 1. The lowest BCUT2D eigenvalue weighted by atomic mass is 10.4. The molecule has 1 aliphatic rings. The monoisotopic (exact) mass is 342 g/mol. The van der Waals surface area contributed by atoms with E-state index in [1.807, 2.05) is 0 Å². The average molecular weight is 342 g/mol. The van der Waals surface area contributed by atoms with Crippen LogP contribution in [0.15, 0.2) is 20.9 Å². The molecule has 0 aliphatic heterocycles.